The normalized spacial score (nSPS) is 13.6. The van der Waals surface area contributed by atoms with Crippen LogP contribution < -0.4 is 40.0 Å². The summed E-state index contributed by atoms with van der Waals surface area (Å²) in [5, 5.41) is 17.8. The summed E-state index contributed by atoms with van der Waals surface area (Å²) in [6, 6.07) is 28.6. The summed E-state index contributed by atoms with van der Waals surface area (Å²) in [5.74, 6) is -1.93. The predicted molar refractivity (Wildman–Crippen MR) is 296 cm³/mol. The van der Waals surface area contributed by atoms with Gasteiger partial charge in [0.15, 0.2) is 0 Å². The van der Waals surface area contributed by atoms with E-state index in [0.29, 0.717) is 60.3 Å². The van der Waals surface area contributed by atoms with Crippen LogP contribution in [0.5, 0.6) is 23.8 Å². The van der Waals surface area contributed by atoms with Gasteiger partial charge in [-0.25, -0.2) is 19.9 Å². The van der Waals surface area contributed by atoms with Crippen LogP contribution in [-0.2, 0) is 36.7 Å². The van der Waals surface area contributed by atoms with Crippen LogP contribution in [-0.4, -0.2) is 118 Å². The van der Waals surface area contributed by atoms with Crippen LogP contribution >= 0.6 is 0 Å². The summed E-state index contributed by atoms with van der Waals surface area (Å²) in [5.41, 5.74) is 3.69. The minimum absolute atomic E-state index is 0. The first-order chi connectivity index (χ1) is 37.3. The molecule has 0 fully saturated rings. The smallest absolute Gasteiger partial charge is 0.319 e. The van der Waals surface area contributed by atoms with Crippen molar-refractivity contribution in [3.05, 3.63) is 144 Å². The highest BCUT2D eigenvalue weighted by Crippen LogP contribution is 2.41. The molecule has 20 nitrogen and oxygen atoms in total. The van der Waals surface area contributed by atoms with Crippen molar-refractivity contribution in [3.8, 4) is 23.8 Å². The number of aliphatic hydroxyl groups excluding tert-OH is 1. The molecule has 21 heteroatoms. The van der Waals surface area contributed by atoms with Gasteiger partial charge < -0.3 is 37.6 Å². The summed E-state index contributed by atoms with van der Waals surface area (Å²) in [6.45, 7) is 8.42. The molecular formula is C57H60N10O10Si. The van der Waals surface area contributed by atoms with Crippen molar-refractivity contribution in [1.82, 2.24) is 49.7 Å². The number of methoxy groups -OCH3 is 4. The van der Waals surface area contributed by atoms with Gasteiger partial charge in [-0.05, 0) is 52.5 Å². The fraction of sp³-hybridized carbons (Fsp3) is 0.263. The van der Waals surface area contributed by atoms with E-state index in [0.717, 1.165) is 5.39 Å². The molecule has 0 saturated heterocycles. The van der Waals surface area contributed by atoms with Crippen LogP contribution in [0.25, 0.3) is 44.4 Å². The van der Waals surface area contributed by atoms with Crippen molar-refractivity contribution in [3.63, 3.8) is 0 Å². The van der Waals surface area contributed by atoms with Gasteiger partial charge in [-0.1, -0.05) is 88.9 Å². The number of nitrogens with zero attached hydrogens (tertiary/aromatic N) is 8. The van der Waals surface area contributed by atoms with E-state index >= 15 is 0 Å². The number of imide groups is 2. The van der Waals surface area contributed by atoms with E-state index in [-0.39, 0.29) is 76.3 Å². The molecule has 8 aromatic rings. The van der Waals surface area contributed by atoms with E-state index in [1.54, 1.807) is 24.7 Å². The first kappa shape index (κ1) is 55.3. The molecule has 0 atom stereocenters. The van der Waals surface area contributed by atoms with Crippen molar-refractivity contribution in [2.75, 3.05) is 41.7 Å². The van der Waals surface area contributed by atoms with Gasteiger partial charge in [0, 0.05) is 85.4 Å². The standard InChI is InChI=1S/C36H37N5O5Si.C20H19N5O5.CH4/c1-36(2,3)47(24-14-8-6-9-15-24,25-16-10-7-11-17-25)46-21-13-20-41-23-28(26-18-12-19-37-31(26)41)30-29(32(42)39-33(30)43)27-22-38-35(45-5)40-34(27)44-4;1-29-19-12(9-22-20(24-19)30-2)14-15(18(28)23-17(14)27)13-10-25(7-4-8-26)16-11(13)5-3-6-21-16;/h6-12,14-19,22-23H,13,20-21H2,1-5H3,(H,39,42,43);3,5-6,9-10,26H,4,7-8H2,1-2H3,(H,23,27,28);1H4. The molecule has 3 N–H and O–H groups in total. The van der Waals surface area contributed by atoms with Crippen molar-refractivity contribution in [1.29, 1.82) is 0 Å². The number of pyridine rings is 2. The van der Waals surface area contributed by atoms with Crippen LogP contribution in [0, 0.1) is 0 Å². The second-order valence-corrected chi connectivity index (χ2v) is 23.1. The summed E-state index contributed by atoms with van der Waals surface area (Å²) in [4.78, 5) is 77.7. The Morgan fingerprint density at radius 2 is 0.949 bits per heavy atom. The number of aryl methyl sites for hydroxylation is 2. The second kappa shape index (κ2) is 23.5. The summed E-state index contributed by atoms with van der Waals surface area (Å²) >= 11 is 0. The quantitative estimate of drug-likeness (QED) is 0.0522. The molecule has 0 bridgehead atoms. The first-order valence-electron chi connectivity index (χ1n) is 24.6. The number of ether oxygens (including phenoxy) is 4. The molecule has 0 spiro atoms. The minimum atomic E-state index is -2.69. The average molecular weight is 1070 g/mol. The zero-order valence-electron chi connectivity index (χ0n) is 43.5. The van der Waals surface area contributed by atoms with Crippen molar-refractivity contribution in [2.24, 2.45) is 0 Å². The molecular weight excluding hydrogens is 1010 g/mol. The molecule has 4 amide bonds. The van der Waals surface area contributed by atoms with E-state index in [2.05, 4.69) is 110 Å². The van der Waals surface area contributed by atoms with Gasteiger partial charge in [0.25, 0.3) is 31.9 Å². The molecule has 78 heavy (non-hydrogen) atoms. The van der Waals surface area contributed by atoms with Gasteiger partial charge in [-0.2, -0.15) is 9.97 Å². The number of aliphatic hydroxyl groups is 1. The third-order valence-electron chi connectivity index (χ3n) is 13.3. The Kier molecular flexibility index (Phi) is 16.7. The zero-order valence-corrected chi connectivity index (χ0v) is 44.5. The SMILES string of the molecule is C.COc1ncc(C2=C(c3cn(CCCO)c4ncccc34)C(=O)NC2=O)c(OC)n1.COc1ncc(C2=C(c3cn(CCCO[Si](c4ccccc4)(c4ccccc4)C(C)(C)C)c4ncccc34)C(=O)NC2=O)c(OC)n1. The Hall–Kier alpha value is -8.92. The highest BCUT2D eigenvalue weighted by Gasteiger charge is 2.50. The molecule has 2 aliphatic heterocycles. The van der Waals surface area contributed by atoms with Crippen molar-refractivity contribution >= 4 is 86.7 Å². The van der Waals surface area contributed by atoms with Crippen molar-refractivity contribution in [2.45, 2.75) is 59.2 Å². The lowest BCUT2D eigenvalue weighted by Crippen LogP contribution is -2.66. The number of fused-ring (bicyclic) bond motifs is 2. The molecule has 8 heterocycles. The van der Waals surface area contributed by atoms with Crippen LogP contribution in [0.2, 0.25) is 5.04 Å². The lowest BCUT2D eigenvalue weighted by Gasteiger charge is -2.43. The van der Waals surface area contributed by atoms with Gasteiger partial charge in [0.1, 0.15) is 11.3 Å². The number of carbonyl (C=O) groups is 4. The third-order valence-corrected chi connectivity index (χ3v) is 18.3. The monoisotopic (exact) mass is 1070 g/mol. The molecule has 10 rings (SSSR count). The minimum Gasteiger partial charge on any atom is -0.480 e. The van der Waals surface area contributed by atoms with E-state index in [9.17, 15) is 24.3 Å². The topological polar surface area (TPSA) is 246 Å². The number of amides is 4. The van der Waals surface area contributed by atoms with Gasteiger partial charge in [-0.15, -0.1) is 0 Å². The van der Waals surface area contributed by atoms with Crippen molar-refractivity contribution < 1.29 is 47.7 Å². The average Bonchev–Trinajstić information content (AvgIpc) is 4.25. The molecule has 0 unspecified atom stereocenters. The maximum absolute atomic E-state index is 13.3. The molecule has 0 aliphatic carbocycles. The van der Waals surface area contributed by atoms with E-state index < -0.39 is 31.9 Å². The third kappa shape index (κ3) is 10.4. The summed E-state index contributed by atoms with van der Waals surface area (Å²) in [6.07, 6.45) is 11.0. The molecule has 6 aromatic heterocycles. The molecule has 2 aliphatic rings. The number of nitrogens with one attached hydrogen (secondary N) is 2. The van der Waals surface area contributed by atoms with Gasteiger partial charge in [-0.3, -0.25) is 29.8 Å². The number of rotatable bonds is 18. The molecule has 0 saturated carbocycles. The first-order valence-corrected chi connectivity index (χ1v) is 26.5. The fourth-order valence-electron chi connectivity index (χ4n) is 9.94. The molecule has 0 radical (unpaired) electrons. The van der Waals surface area contributed by atoms with E-state index in [1.807, 2.05) is 45.7 Å². The highest BCUT2D eigenvalue weighted by atomic mass is 28.4. The Morgan fingerprint density at radius 1 is 0.538 bits per heavy atom. The van der Waals surface area contributed by atoms with Gasteiger partial charge in [0.05, 0.1) is 61.9 Å². The molecule has 402 valence electrons. The maximum atomic E-state index is 13.3. The Labute approximate surface area is 451 Å². The number of carbonyl (C=O) groups excluding carboxylic acids is 4. The Morgan fingerprint density at radius 3 is 1.33 bits per heavy atom. The van der Waals surface area contributed by atoms with Crippen LogP contribution in [0.4, 0.5) is 0 Å². The largest absolute Gasteiger partial charge is 0.480 e. The zero-order chi connectivity index (χ0) is 54.4. The number of benzene rings is 2. The second-order valence-electron chi connectivity index (χ2n) is 18.8. The van der Waals surface area contributed by atoms with Crippen LogP contribution in [0.3, 0.4) is 0 Å². The molecule has 2 aromatic carbocycles. The van der Waals surface area contributed by atoms with E-state index in [1.165, 1.54) is 51.2 Å². The van der Waals surface area contributed by atoms with Crippen LogP contribution in [0.15, 0.2) is 122 Å². The number of aromatic nitrogens is 8. The van der Waals surface area contributed by atoms with Gasteiger partial charge >= 0.3 is 12.0 Å². The fourth-order valence-corrected chi connectivity index (χ4v) is 14.5. The maximum Gasteiger partial charge on any atom is 0.319 e. The Balaban J connectivity index is 0.000000223. The lowest BCUT2D eigenvalue weighted by atomic mass is 9.97. The summed E-state index contributed by atoms with van der Waals surface area (Å²) < 4.78 is 31.9. The Bertz CT molecular complexity index is 3570. The van der Waals surface area contributed by atoms with Crippen LogP contribution in [0.1, 0.15) is 63.3 Å². The number of hydrogen-bond donors (Lipinski definition) is 3. The van der Waals surface area contributed by atoms with E-state index in [4.69, 9.17) is 23.4 Å². The lowest BCUT2D eigenvalue weighted by molar-refractivity contribution is -0.124. The number of hydrogen-bond acceptors (Lipinski definition) is 16. The highest BCUT2D eigenvalue weighted by molar-refractivity contribution is 6.99. The summed E-state index contributed by atoms with van der Waals surface area (Å²) in [7, 11) is 3.00. The predicted octanol–water partition coefficient (Wildman–Crippen LogP) is 5.81. The van der Waals surface area contributed by atoms with Gasteiger partial charge in [0.2, 0.25) is 11.8 Å².